The normalized spacial score (nSPS) is 20.3. The van der Waals surface area contributed by atoms with Crippen molar-refractivity contribution in [3.8, 4) is 0 Å². The number of carbonyl (C=O) groups is 3. The molecule has 3 atom stereocenters. The van der Waals surface area contributed by atoms with Crippen molar-refractivity contribution >= 4 is 23.7 Å². The van der Waals surface area contributed by atoms with Gasteiger partial charge in [0, 0.05) is 24.7 Å². The van der Waals surface area contributed by atoms with Crippen LogP contribution in [-0.2, 0) is 28.9 Å². The minimum Gasteiger partial charge on any atom is -0.481 e. The number of aliphatic carboxylic acids is 1. The molecule has 8 N–H and O–H groups in total. The van der Waals surface area contributed by atoms with Crippen molar-refractivity contribution in [3.63, 3.8) is 0 Å². The Kier molecular flexibility index (Phi) is 9.84. The summed E-state index contributed by atoms with van der Waals surface area (Å²) in [4.78, 5) is 43.3. The zero-order valence-corrected chi connectivity index (χ0v) is 21.4. The number of nitrogens with one attached hydrogen (secondary N) is 1. The number of aryl methyl sites for hydroxylation is 2. The van der Waals surface area contributed by atoms with E-state index in [2.05, 4.69) is 22.4 Å². The molecule has 0 radical (unpaired) electrons. The number of guanidine groups is 1. The molecule has 2 aromatic carbocycles. The highest BCUT2D eigenvalue weighted by atomic mass is 16.4. The van der Waals surface area contributed by atoms with Gasteiger partial charge in [0.25, 0.3) is 5.91 Å². The molecule has 1 aliphatic carbocycles. The molecule has 1 heterocycles. The van der Waals surface area contributed by atoms with Gasteiger partial charge in [-0.15, -0.1) is 0 Å². The lowest BCUT2D eigenvalue weighted by Crippen LogP contribution is -2.42. The molecule has 10 nitrogen and oxygen atoms in total. The Hall–Kier alpha value is -3.92. The van der Waals surface area contributed by atoms with E-state index in [0.717, 1.165) is 43.2 Å². The van der Waals surface area contributed by atoms with Crippen LogP contribution in [0.15, 0.2) is 53.5 Å². The van der Waals surface area contributed by atoms with Crippen LogP contribution in [-0.4, -0.2) is 64.4 Å². The summed E-state index contributed by atoms with van der Waals surface area (Å²) in [7, 11) is 0. The van der Waals surface area contributed by atoms with Gasteiger partial charge in [0.15, 0.2) is 5.96 Å². The van der Waals surface area contributed by atoms with E-state index in [4.69, 9.17) is 11.5 Å². The molecule has 0 aromatic heterocycles. The van der Waals surface area contributed by atoms with E-state index in [1.165, 1.54) is 5.56 Å². The highest BCUT2D eigenvalue weighted by molar-refractivity contribution is 5.94. The number of carboxylic acid groups (broad SMARTS) is 1. The molecule has 38 heavy (non-hydrogen) atoms. The third-order valence-electron chi connectivity index (χ3n) is 7.26. The van der Waals surface area contributed by atoms with E-state index in [9.17, 15) is 19.5 Å². The summed E-state index contributed by atoms with van der Waals surface area (Å²) in [6, 6.07) is 15.6. The Bertz CT molecular complexity index is 1170. The third kappa shape index (κ3) is 7.32. The van der Waals surface area contributed by atoms with Crippen LogP contribution in [0.4, 0.5) is 0 Å². The monoisotopic (exact) mass is 523 g/mol. The van der Waals surface area contributed by atoms with Crippen LogP contribution in [0.1, 0.15) is 52.7 Å². The molecule has 204 valence electrons. The molecule has 10 heteroatoms. The van der Waals surface area contributed by atoms with Crippen LogP contribution < -0.4 is 16.8 Å². The molecule has 1 aliphatic heterocycles. The van der Waals surface area contributed by atoms with Crippen LogP contribution in [0.25, 0.3) is 0 Å². The molecule has 0 spiro atoms. The predicted molar refractivity (Wildman–Crippen MR) is 145 cm³/mol. The first-order valence-electron chi connectivity index (χ1n) is 12.8. The van der Waals surface area contributed by atoms with E-state index < -0.39 is 11.9 Å². The summed E-state index contributed by atoms with van der Waals surface area (Å²) in [5, 5.41) is 12.2. The lowest BCUT2D eigenvalue weighted by Gasteiger charge is -2.25. The number of rotatable bonds is 10. The average molecular weight is 524 g/mol. The number of nitrogens with zero attached hydrogens (tertiary/aromatic N) is 2. The van der Waals surface area contributed by atoms with Gasteiger partial charge in [0.2, 0.25) is 5.91 Å². The summed E-state index contributed by atoms with van der Waals surface area (Å²) in [5.41, 5.74) is 15.1. The van der Waals surface area contributed by atoms with Gasteiger partial charge < -0.3 is 32.3 Å². The van der Waals surface area contributed by atoms with E-state index in [1.54, 1.807) is 11.0 Å². The Morgan fingerprint density at radius 3 is 2.58 bits per heavy atom. The molecule has 0 bridgehead atoms. The molecule has 2 aliphatic rings. The second-order valence-electron chi connectivity index (χ2n) is 9.95. The smallest absolute Gasteiger partial charge is 0.304 e. The number of hydrogen-bond acceptors (Lipinski definition) is 4. The average Bonchev–Trinajstić information content (AvgIpc) is 3.16. The second kappa shape index (κ2) is 13.0. The first-order chi connectivity index (χ1) is 17.8. The Balaban J connectivity index is 0.00000400. The van der Waals surface area contributed by atoms with E-state index in [0.29, 0.717) is 18.5 Å². The van der Waals surface area contributed by atoms with E-state index >= 15 is 0 Å². The molecule has 1 saturated heterocycles. The van der Waals surface area contributed by atoms with Crippen molar-refractivity contribution in [2.45, 2.75) is 57.0 Å². The zero-order chi connectivity index (χ0) is 26.4. The summed E-state index contributed by atoms with van der Waals surface area (Å²) in [5.74, 6) is -1.79. The van der Waals surface area contributed by atoms with Gasteiger partial charge in [-0.25, -0.2) is 4.99 Å². The largest absolute Gasteiger partial charge is 0.481 e. The fourth-order valence-corrected chi connectivity index (χ4v) is 5.45. The van der Waals surface area contributed by atoms with Crippen molar-refractivity contribution in [2.75, 3.05) is 13.1 Å². The number of fused-ring (bicyclic) bond motifs is 1. The number of likely N-dealkylation sites (tertiary alicyclic amines) is 1. The first kappa shape index (κ1) is 28.6. The van der Waals surface area contributed by atoms with Gasteiger partial charge in [0.05, 0.1) is 18.4 Å². The van der Waals surface area contributed by atoms with Crippen molar-refractivity contribution in [3.05, 3.63) is 70.8 Å². The molecule has 2 aromatic rings. The zero-order valence-electron chi connectivity index (χ0n) is 21.4. The van der Waals surface area contributed by atoms with Gasteiger partial charge in [-0.3, -0.25) is 14.4 Å². The molecule has 2 amide bonds. The minimum atomic E-state index is -0.983. The van der Waals surface area contributed by atoms with E-state index in [1.807, 2.05) is 30.3 Å². The predicted octanol–water partition coefficient (Wildman–Crippen LogP) is 1.05. The lowest BCUT2D eigenvalue weighted by atomic mass is 9.87. The highest BCUT2D eigenvalue weighted by Gasteiger charge is 2.40. The maximum atomic E-state index is 13.0. The molecular weight excluding hydrogens is 486 g/mol. The SMILES string of the molecule is NC(N)=NC1CCc2cc(C(=O)NC[C@@H]3C[C@@H](CC(=O)O)C(=O)N3CCCc3ccccc3)ccc2C1.O. The third-order valence-corrected chi connectivity index (χ3v) is 7.26. The fourth-order valence-electron chi connectivity index (χ4n) is 5.45. The summed E-state index contributed by atoms with van der Waals surface area (Å²) in [6.07, 6.45) is 4.18. The maximum Gasteiger partial charge on any atom is 0.304 e. The number of carboxylic acids is 1. The summed E-state index contributed by atoms with van der Waals surface area (Å²) in [6.45, 7) is 0.815. The number of nitrogens with two attached hydrogens (primary N) is 2. The second-order valence-corrected chi connectivity index (χ2v) is 9.95. The van der Waals surface area contributed by atoms with Crippen LogP contribution in [0.5, 0.6) is 0 Å². The van der Waals surface area contributed by atoms with Gasteiger partial charge in [0.1, 0.15) is 0 Å². The van der Waals surface area contributed by atoms with Gasteiger partial charge >= 0.3 is 5.97 Å². The molecule has 1 unspecified atom stereocenters. The van der Waals surface area contributed by atoms with Gasteiger partial charge in [-0.1, -0.05) is 36.4 Å². The number of amides is 2. The van der Waals surface area contributed by atoms with Crippen molar-refractivity contribution in [1.29, 1.82) is 0 Å². The number of benzene rings is 2. The Labute approximate surface area is 222 Å². The van der Waals surface area contributed by atoms with Crippen LogP contribution in [0.2, 0.25) is 0 Å². The molecule has 1 fully saturated rings. The van der Waals surface area contributed by atoms with Gasteiger partial charge in [-0.05, 0) is 67.3 Å². The first-order valence-corrected chi connectivity index (χ1v) is 12.8. The van der Waals surface area contributed by atoms with Gasteiger partial charge in [-0.2, -0.15) is 0 Å². The van der Waals surface area contributed by atoms with Crippen LogP contribution in [0.3, 0.4) is 0 Å². The lowest BCUT2D eigenvalue weighted by molar-refractivity contribution is -0.142. The van der Waals surface area contributed by atoms with Crippen molar-refractivity contribution in [1.82, 2.24) is 10.2 Å². The van der Waals surface area contributed by atoms with Crippen LogP contribution in [0, 0.1) is 5.92 Å². The molecule has 4 rings (SSSR count). The quantitative estimate of drug-likeness (QED) is 0.266. The van der Waals surface area contributed by atoms with E-state index in [-0.39, 0.29) is 48.3 Å². The Morgan fingerprint density at radius 1 is 1.11 bits per heavy atom. The standard InChI is InChI=1S/C28H35N5O4.H2O/c29-28(30)32-23-11-10-19-13-21(9-8-20(19)14-23)26(36)31-17-24-15-22(16-25(34)35)27(37)33(24)12-4-7-18-5-2-1-3-6-18;/h1-3,5-6,8-9,13,22-24H,4,7,10-12,14-17H2,(H,31,36)(H,34,35)(H4,29,30,32);1H2/t22-,23?,24-;/m0./s1. The summed E-state index contributed by atoms with van der Waals surface area (Å²) >= 11 is 0. The van der Waals surface area contributed by atoms with Crippen molar-refractivity contribution < 1.29 is 25.0 Å². The molecule has 0 saturated carbocycles. The maximum absolute atomic E-state index is 13.0. The fraction of sp³-hybridized carbons (Fsp3) is 0.429. The number of aliphatic imine (C=N–C) groups is 1. The minimum absolute atomic E-state index is 0. The molecular formula is C28H37N5O5. The number of hydrogen-bond donors (Lipinski definition) is 4. The number of carbonyl (C=O) groups excluding carboxylic acids is 2. The Morgan fingerprint density at radius 2 is 1.87 bits per heavy atom. The highest BCUT2D eigenvalue weighted by Crippen LogP contribution is 2.28. The van der Waals surface area contributed by atoms with Crippen LogP contribution >= 0.6 is 0 Å². The summed E-state index contributed by atoms with van der Waals surface area (Å²) < 4.78 is 0. The van der Waals surface area contributed by atoms with Crippen molar-refractivity contribution in [2.24, 2.45) is 22.4 Å². The topological polar surface area (TPSA) is 183 Å².